The van der Waals surface area contributed by atoms with Gasteiger partial charge in [-0.15, -0.1) is 0 Å². The summed E-state index contributed by atoms with van der Waals surface area (Å²) in [4.78, 5) is 0. The Kier molecular flexibility index (Phi) is 5.47. The van der Waals surface area contributed by atoms with Gasteiger partial charge in [0.2, 0.25) is 0 Å². The Labute approximate surface area is 143 Å². The molecule has 0 amide bonds. The molecule has 1 aromatic heterocycles. The molecule has 3 heteroatoms. The number of rotatable bonds is 7. The molecule has 0 aliphatic heterocycles. The maximum atomic E-state index is 5.88. The van der Waals surface area contributed by atoms with Crippen LogP contribution in [0.3, 0.4) is 0 Å². The number of methoxy groups -OCH3 is 1. The third-order valence-electron chi connectivity index (χ3n) is 4.04. The zero-order valence-corrected chi connectivity index (χ0v) is 14.2. The van der Waals surface area contributed by atoms with Gasteiger partial charge in [0.1, 0.15) is 6.73 Å². The van der Waals surface area contributed by atoms with Gasteiger partial charge >= 0.3 is 0 Å². The van der Waals surface area contributed by atoms with E-state index in [4.69, 9.17) is 9.47 Å². The maximum absolute atomic E-state index is 5.88. The van der Waals surface area contributed by atoms with Crippen molar-refractivity contribution >= 4 is 0 Å². The lowest BCUT2D eigenvalue weighted by molar-refractivity contribution is 0.0882. The highest BCUT2D eigenvalue weighted by Crippen LogP contribution is 2.24. The molecule has 124 valence electrons. The molecule has 0 radical (unpaired) electrons. The van der Waals surface area contributed by atoms with Gasteiger partial charge in [-0.25, -0.2) is 0 Å². The Morgan fingerprint density at radius 1 is 0.833 bits per heavy atom. The summed E-state index contributed by atoms with van der Waals surface area (Å²) in [6.45, 7) is 3.78. The van der Waals surface area contributed by atoms with Gasteiger partial charge in [0, 0.05) is 12.8 Å². The van der Waals surface area contributed by atoms with E-state index in [1.165, 1.54) is 16.7 Å². The Bertz CT molecular complexity index is 760. The quantitative estimate of drug-likeness (QED) is 0.625. The lowest BCUT2D eigenvalue weighted by atomic mass is 10.1. The molecule has 2 aromatic carbocycles. The van der Waals surface area contributed by atoms with E-state index in [0.717, 1.165) is 11.4 Å². The highest BCUT2D eigenvalue weighted by Gasteiger charge is 2.10. The van der Waals surface area contributed by atoms with Gasteiger partial charge in [-0.3, -0.25) is 0 Å². The number of aromatic nitrogens is 1. The van der Waals surface area contributed by atoms with Crippen LogP contribution >= 0.6 is 0 Å². The Hall–Kier alpha value is -2.36. The van der Waals surface area contributed by atoms with E-state index in [1.54, 1.807) is 7.11 Å². The molecule has 24 heavy (non-hydrogen) atoms. The van der Waals surface area contributed by atoms with Gasteiger partial charge < -0.3 is 14.0 Å². The smallest absolute Gasteiger partial charge is 0.122 e. The molecule has 0 atom stereocenters. The van der Waals surface area contributed by atoms with Crippen LogP contribution in [0, 0.1) is 6.92 Å². The lowest BCUT2D eigenvalue weighted by Gasteiger charge is -2.13. The molecule has 0 fully saturated rings. The summed E-state index contributed by atoms with van der Waals surface area (Å²) in [5, 5.41) is 0. The van der Waals surface area contributed by atoms with Crippen LogP contribution in [0.1, 0.15) is 16.8 Å². The van der Waals surface area contributed by atoms with Crippen molar-refractivity contribution < 1.29 is 9.47 Å². The minimum absolute atomic E-state index is 0.514. The topological polar surface area (TPSA) is 23.4 Å². The van der Waals surface area contributed by atoms with Crippen LogP contribution in [-0.4, -0.2) is 11.7 Å². The summed E-state index contributed by atoms with van der Waals surface area (Å²) in [6.07, 6.45) is 0. The van der Waals surface area contributed by atoms with Crippen LogP contribution in [-0.2, 0) is 29.4 Å². The zero-order chi connectivity index (χ0) is 16.8. The number of hydrogen-bond donors (Lipinski definition) is 0. The standard InChI is InChI=1S/C21H23NO2/c1-17-8-10-19(11-9-17)21-13-12-20(22(21)16-23-2)15-24-14-18-6-4-3-5-7-18/h3-13H,14-16H2,1-2H3. The first-order valence-electron chi connectivity index (χ1n) is 8.14. The van der Waals surface area contributed by atoms with Gasteiger partial charge in [0.15, 0.2) is 0 Å². The summed E-state index contributed by atoms with van der Waals surface area (Å²) in [6, 6.07) is 23.0. The molecule has 0 aliphatic carbocycles. The molecule has 3 nitrogen and oxygen atoms in total. The minimum atomic E-state index is 0.514. The van der Waals surface area contributed by atoms with Gasteiger partial charge in [-0.05, 0) is 30.2 Å². The molecule has 3 aromatic rings. The Morgan fingerprint density at radius 3 is 2.29 bits per heavy atom. The number of nitrogens with zero attached hydrogens (tertiary/aromatic N) is 1. The fourth-order valence-corrected chi connectivity index (χ4v) is 2.74. The minimum Gasteiger partial charge on any atom is -0.371 e. The monoisotopic (exact) mass is 321 g/mol. The highest BCUT2D eigenvalue weighted by atomic mass is 16.5. The van der Waals surface area contributed by atoms with Crippen LogP contribution in [0.25, 0.3) is 11.3 Å². The summed E-state index contributed by atoms with van der Waals surface area (Å²) < 4.78 is 13.4. The molecule has 0 N–H and O–H groups in total. The SMILES string of the molecule is COCn1c(COCc2ccccc2)ccc1-c1ccc(C)cc1. The molecular weight excluding hydrogens is 298 g/mol. The van der Waals surface area contributed by atoms with E-state index >= 15 is 0 Å². The molecule has 0 bridgehead atoms. The normalized spacial score (nSPS) is 10.9. The van der Waals surface area contributed by atoms with Crippen molar-refractivity contribution in [3.05, 3.63) is 83.6 Å². The first-order chi connectivity index (χ1) is 11.8. The van der Waals surface area contributed by atoms with Crippen LogP contribution in [0.15, 0.2) is 66.7 Å². The summed E-state index contributed by atoms with van der Waals surface area (Å²) in [5.41, 5.74) is 5.89. The van der Waals surface area contributed by atoms with Crippen LogP contribution in [0.2, 0.25) is 0 Å². The van der Waals surface area contributed by atoms with Crippen molar-refractivity contribution in [2.75, 3.05) is 7.11 Å². The molecule has 0 spiro atoms. The van der Waals surface area contributed by atoms with Crippen molar-refractivity contribution in [1.82, 2.24) is 4.57 Å². The van der Waals surface area contributed by atoms with E-state index < -0.39 is 0 Å². The number of benzene rings is 2. The van der Waals surface area contributed by atoms with Gasteiger partial charge in [0.05, 0.1) is 18.9 Å². The molecule has 3 rings (SSSR count). The van der Waals surface area contributed by atoms with Crippen LogP contribution < -0.4 is 0 Å². The first kappa shape index (κ1) is 16.5. The first-order valence-corrected chi connectivity index (χ1v) is 8.14. The Morgan fingerprint density at radius 2 is 1.58 bits per heavy atom. The van der Waals surface area contributed by atoms with Gasteiger partial charge in [-0.1, -0.05) is 60.2 Å². The van der Waals surface area contributed by atoms with E-state index in [0.29, 0.717) is 19.9 Å². The van der Waals surface area contributed by atoms with Crippen molar-refractivity contribution in [1.29, 1.82) is 0 Å². The summed E-state index contributed by atoms with van der Waals surface area (Å²) >= 11 is 0. The number of hydrogen-bond acceptors (Lipinski definition) is 2. The number of aryl methyl sites for hydroxylation is 1. The molecular formula is C21H23NO2. The van der Waals surface area contributed by atoms with Crippen molar-refractivity contribution in [2.45, 2.75) is 26.9 Å². The van der Waals surface area contributed by atoms with E-state index in [2.05, 4.69) is 60.0 Å². The highest BCUT2D eigenvalue weighted by molar-refractivity contribution is 5.61. The second-order valence-electron chi connectivity index (χ2n) is 5.90. The predicted octanol–water partition coefficient (Wildman–Crippen LogP) is 4.78. The average molecular weight is 321 g/mol. The summed E-state index contributed by atoms with van der Waals surface area (Å²) in [5.74, 6) is 0. The molecule has 0 saturated heterocycles. The average Bonchev–Trinajstić information content (AvgIpc) is 3.00. The van der Waals surface area contributed by atoms with Gasteiger partial charge in [-0.2, -0.15) is 0 Å². The molecule has 1 heterocycles. The third-order valence-corrected chi connectivity index (χ3v) is 4.04. The van der Waals surface area contributed by atoms with E-state index in [9.17, 15) is 0 Å². The van der Waals surface area contributed by atoms with Crippen molar-refractivity contribution in [3.63, 3.8) is 0 Å². The molecule has 0 saturated carbocycles. The molecule has 0 unspecified atom stereocenters. The fraction of sp³-hybridized carbons (Fsp3) is 0.238. The molecule has 0 aliphatic rings. The van der Waals surface area contributed by atoms with Gasteiger partial charge in [0.25, 0.3) is 0 Å². The zero-order valence-electron chi connectivity index (χ0n) is 14.2. The third kappa shape index (κ3) is 3.94. The van der Waals surface area contributed by atoms with Crippen molar-refractivity contribution in [3.8, 4) is 11.3 Å². The fourth-order valence-electron chi connectivity index (χ4n) is 2.74. The van der Waals surface area contributed by atoms with Crippen LogP contribution in [0.5, 0.6) is 0 Å². The second kappa shape index (κ2) is 7.95. The maximum Gasteiger partial charge on any atom is 0.122 e. The van der Waals surface area contributed by atoms with Crippen molar-refractivity contribution in [2.24, 2.45) is 0 Å². The van der Waals surface area contributed by atoms with E-state index in [1.807, 2.05) is 18.2 Å². The Balaban J connectivity index is 1.74. The predicted molar refractivity (Wildman–Crippen MR) is 96.5 cm³/mol. The largest absolute Gasteiger partial charge is 0.371 e. The summed E-state index contributed by atoms with van der Waals surface area (Å²) in [7, 11) is 1.72. The second-order valence-corrected chi connectivity index (χ2v) is 5.90. The lowest BCUT2D eigenvalue weighted by Crippen LogP contribution is -2.08. The number of ether oxygens (including phenoxy) is 2. The van der Waals surface area contributed by atoms with E-state index in [-0.39, 0.29) is 0 Å². The van der Waals surface area contributed by atoms with Crippen LogP contribution in [0.4, 0.5) is 0 Å².